The van der Waals surface area contributed by atoms with Crippen LogP contribution in [-0.4, -0.2) is 42.3 Å². The number of carbonyl (C=O) groups is 1. The highest BCUT2D eigenvalue weighted by Gasteiger charge is 2.34. The van der Waals surface area contributed by atoms with Crippen molar-refractivity contribution in [3.63, 3.8) is 0 Å². The molecule has 30 heavy (non-hydrogen) atoms. The second-order valence-corrected chi connectivity index (χ2v) is 7.19. The van der Waals surface area contributed by atoms with Crippen LogP contribution < -0.4 is 0 Å². The number of para-hydroxylation sites is 1. The minimum atomic E-state index is -0.135. The summed E-state index contributed by atoms with van der Waals surface area (Å²) >= 11 is 0. The number of hydrogen-bond donors (Lipinski definition) is 0. The lowest BCUT2D eigenvalue weighted by molar-refractivity contribution is 0.0730. The summed E-state index contributed by atoms with van der Waals surface area (Å²) in [6, 6.07) is 19.2. The highest BCUT2D eigenvalue weighted by Crippen LogP contribution is 2.34. The molecule has 1 saturated heterocycles. The van der Waals surface area contributed by atoms with Crippen LogP contribution in [0.2, 0.25) is 0 Å². The van der Waals surface area contributed by atoms with Gasteiger partial charge < -0.3 is 4.90 Å². The molecule has 3 aromatic heterocycles. The predicted molar refractivity (Wildman–Crippen MR) is 112 cm³/mol. The molecule has 0 bridgehead atoms. The van der Waals surface area contributed by atoms with Gasteiger partial charge in [0.2, 0.25) is 0 Å². The van der Waals surface area contributed by atoms with E-state index in [-0.39, 0.29) is 11.9 Å². The van der Waals surface area contributed by atoms with E-state index in [4.69, 9.17) is 0 Å². The summed E-state index contributed by atoms with van der Waals surface area (Å²) in [5, 5.41) is 8.63. The van der Waals surface area contributed by atoms with Crippen molar-refractivity contribution in [2.75, 3.05) is 6.54 Å². The van der Waals surface area contributed by atoms with Crippen LogP contribution in [0.1, 0.15) is 34.9 Å². The molecule has 5 rings (SSSR count). The van der Waals surface area contributed by atoms with Gasteiger partial charge in [-0.25, -0.2) is 4.68 Å². The molecule has 1 atom stereocenters. The molecule has 7 heteroatoms. The Kier molecular flexibility index (Phi) is 4.77. The number of pyridine rings is 2. The van der Waals surface area contributed by atoms with Crippen molar-refractivity contribution in [1.29, 1.82) is 0 Å². The lowest BCUT2D eigenvalue weighted by Crippen LogP contribution is -2.31. The monoisotopic (exact) mass is 396 g/mol. The van der Waals surface area contributed by atoms with Gasteiger partial charge >= 0.3 is 0 Å². The van der Waals surface area contributed by atoms with Gasteiger partial charge in [0.1, 0.15) is 5.69 Å². The van der Waals surface area contributed by atoms with E-state index < -0.39 is 0 Å². The van der Waals surface area contributed by atoms with E-state index in [2.05, 4.69) is 20.3 Å². The Bertz CT molecular complexity index is 1140. The largest absolute Gasteiger partial charge is 0.330 e. The molecular weight excluding hydrogens is 376 g/mol. The van der Waals surface area contributed by atoms with Crippen LogP contribution in [0.5, 0.6) is 0 Å². The van der Waals surface area contributed by atoms with E-state index in [0.717, 1.165) is 24.1 Å². The number of nitrogens with zero attached hydrogens (tertiary/aromatic N) is 6. The Balaban J connectivity index is 1.59. The molecule has 0 radical (unpaired) electrons. The molecule has 0 aliphatic carbocycles. The van der Waals surface area contributed by atoms with Crippen LogP contribution in [0.4, 0.5) is 0 Å². The summed E-state index contributed by atoms with van der Waals surface area (Å²) in [7, 11) is 0. The molecule has 0 unspecified atom stereocenters. The average molecular weight is 396 g/mol. The zero-order valence-corrected chi connectivity index (χ0v) is 16.3. The summed E-state index contributed by atoms with van der Waals surface area (Å²) in [5.74, 6) is -0.135. The fourth-order valence-electron chi connectivity index (χ4n) is 3.97. The van der Waals surface area contributed by atoms with E-state index in [1.165, 1.54) is 0 Å². The normalized spacial score (nSPS) is 16.0. The molecule has 148 valence electrons. The number of aromatic nitrogens is 5. The van der Waals surface area contributed by atoms with E-state index in [0.29, 0.717) is 23.6 Å². The first-order valence-electron chi connectivity index (χ1n) is 9.96. The van der Waals surface area contributed by atoms with Crippen molar-refractivity contribution < 1.29 is 4.79 Å². The zero-order chi connectivity index (χ0) is 20.3. The molecule has 1 fully saturated rings. The molecule has 0 N–H and O–H groups in total. The summed E-state index contributed by atoms with van der Waals surface area (Å²) < 4.78 is 1.69. The maximum Gasteiger partial charge on any atom is 0.277 e. The summed E-state index contributed by atoms with van der Waals surface area (Å²) in [5.41, 5.74) is 3.44. The number of benzene rings is 1. The van der Waals surface area contributed by atoms with Crippen LogP contribution >= 0.6 is 0 Å². The summed E-state index contributed by atoms with van der Waals surface area (Å²) in [6.07, 6.45) is 7.13. The van der Waals surface area contributed by atoms with Gasteiger partial charge in [0.05, 0.1) is 17.4 Å². The second-order valence-electron chi connectivity index (χ2n) is 7.19. The first-order chi connectivity index (χ1) is 14.8. The van der Waals surface area contributed by atoms with Crippen LogP contribution in [0.3, 0.4) is 0 Å². The van der Waals surface area contributed by atoms with Gasteiger partial charge in [-0.1, -0.05) is 35.5 Å². The highest BCUT2D eigenvalue weighted by atomic mass is 16.2. The zero-order valence-electron chi connectivity index (χ0n) is 16.3. The Morgan fingerprint density at radius 2 is 1.83 bits per heavy atom. The van der Waals surface area contributed by atoms with Crippen molar-refractivity contribution in [2.45, 2.75) is 18.9 Å². The average Bonchev–Trinajstić information content (AvgIpc) is 3.48. The minimum Gasteiger partial charge on any atom is -0.330 e. The van der Waals surface area contributed by atoms with Crippen LogP contribution in [0, 0.1) is 0 Å². The van der Waals surface area contributed by atoms with Gasteiger partial charge in [0.25, 0.3) is 5.91 Å². The van der Waals surface area contributed by atoms with Crippen LogP contribution in [0.15, 0.2) is 79.3 Å². The summed E-state index contributed by atoms with van der Waals surface area (Å²) in [4.78, 5) is 24.2. The van der Waals surface area contributed by atoms with Crippen molar-refractivity contribution in [3.8, 4) is 17.1 Å². The lowest BCUT2D eigenvalue weighted by Gasteiger charge is -2.24. The molecule has 4 aromatic rings. The van der Waals surface area contributed by atoms with Crippen molar-refractivity contribution in [3.05, 3.63) is 90.5 Å². The van der Waals surface area contributed by atoms with Crippen LogP contribution in [0.25, 0.3) is 17.1 Å². The Hall–Kier alpha value is -3.87. The molecule has 4 heterocycles. The van der Waals surface area contributed by atoms with Gasteiger partial charge in [-0.3, -0.25) is 14.8 Å². The number of carbonyl (C=O) groups excluding carboxylic acids is 1. The van der Waals surface area contributed by atoms with Gasteiger partial charge in [-0.05, 0) is 48.7 Å². The standard InChI is InChI=1S/C23H20N6O/c30-23(28-15-7-12-20(28)17-8-6-13-24-16-17)21-22(19-11-4-5-14-25-19)29(27-26-21)18-9-2-1-3-10-18/h1-6,8-11,13-14,16,20H,7,12,15H2/t20-/m0/s1. The molecular formula is C23H20N6O. The third kappa shape index (κ3) is 3.24. The number of amides is 1. The second kappa shape index (κ2) is 7.87. The molecule has 1 aromatic carbocycles. The van der Waals surface area contributed by atoms with E-state index in [1.54, 1.807) is 17.1 Å². The Labute approximate surface area is 174 Å². The van der Waals surface area contributed by atoms with Gasteiger partial charge in [0.15, 0.2) is 5.69 Å². The number of likely N-dealkylation sites (tertiary alicyclic amines) is 1. The van der Waals surface area contributed by atoms with Crippen molar-refractivity contribution in [1.82, 2.24) is 29.9 Å². The molecule has 1 amide bonds. The molecule has 0 saturated carbocycles. The molecule has 1 aliphatic heterocycles. The predicted octanol–water partition coefficient (Wildman–Crippen LogP) is 3.70. The molecule has 0 spiro atoms. The van der Waals surface area contributed by atoms with Gasteiger partial charge in [-0.15, -0.1) is 5.10 Å². The number of hydrogen-bond acceptors (Lipinski definition) is 5. The van der Waals surface area contributed by atoms with Gasteiger partial charge in [-0.2, -0.15) is 0 Å². The first-order valence-corrected chi connectivity index (χ1v) is 9.96. The van der Waals surface area contributed by atoms with Gasteiger partial charge in [0, 0.05) is 25.1 Å². The Morgan fingerprint density at radius 1 is 0.967 bits per heavy atom. The fraction of sp³-hybridized carbons (Fsp3) is 0.174. The van der Waals surface area contributed by atoms with Crippen LogP contribution in [-0.2, 0) is 0 Å². The Morgan fingerprint density at radius 3 is 2.60 bits per heavy atom. The highest BCUT2D eigenvalue weighted by molar-refractivity contribution is 5.98. The molecule has 7 nitrogen and oxygen atoms in total. The molecule has 1 aliphatic rings. The third-order valence-corrected chi connectivity index (χ3v) is 5.36. The smallest absolute Gasteiger partial charge is 0.277 e. The van der Waals surface area contributed by atoms with Crippen molar-refractivity contribution in [2.24, 2.45) is 0 Å². The topological polar surface area (TPSA) is 76.8 Å². The van der Waals surface area contributed by atoms with E-state index in [1.807, 2.05) is 71.8 Å². The van der Waals surface area contributed by atoms with Crippen molar-refractivity contribution >= 4 is 5.91 Å². The van der Waals surface area contributed by atoms with E-state index in [9.17, 15) is 4.79 Å². The third-order valence-electron chi connectivity index (χ3n) is 5.36. The minimum absolute atomic E-state index is 0.00958. The lowest BCUT2D eigenvalue weighted by atomic mass is 10.1. The fourth-order valence-corrected chi connectivity index (χ4v) is 3.97. The van der Waals surface area contributed by atoms with E-state index >= 15 is 0 Å². The first kappa shape index (κ1) is 18.2. The maximum absolute atomic E-state index is 13.6. The number of rotatable bonds is 4. The quantitative estimate of drug-likeness (QED) is 0.526. The summed E-state index contributed by atoms with van der Waals surface area (Å²) in [6.45, 7) is 0.679. The maximum atomic E-state index is 13.6. The SMILES string of the molecule is O=C(c1nnn(-c2ccccc2)c1-c1ccccn1)N1CCC[C@H]1c1cccnc1.